The van der Waals surface area contributed by atoms with Crippen LogP contribution >= 0.6 is 0 Å². The van der Waals surface area contributed by atoms with Crippen LogP contribution in [0.15, 0.2) is 17.0 Å². The first-order valence-corrected chi connectivity index (χ1v) is 6.23. The lowest BCUT2D eigenvalue weighted by atomic mass is 10.1. The van der Waals surface area contributed by atoms with Crippen molar-refractivity contribution >= 4 is 15.7 Å². The summed E-state index contributed by atoms with van der Waals surface area (Å²) in [5.41, 5.74) is 8.03. The van der Waals surface area contributed by atoms with Gasteiger partial charge in [-0.3, -0.25) is 0 Å². The molecule has 0 amide bonds. The topological polar surface area (TPSA) is 72.2 Å². The van der Waals surface area contributed by atoms with Gasteiger partial charge in [-0.2, -0.15) is 0 Å². The molecule has 0 saturated heterocycles. The molecule has 0 radical (unpaired) electrons. The van der Waals surface area contributed by atoms with Crippen molar-refractivity contribution in [3.63, 3.8) is 0 Å². The summed E-state index contributed by atoms with van der Waals surface area (Å²) in [6.45, 7) is 5.82. The summed E-state index contributed by atoms with van der Waals surface area (Å²) in [5.74, 6) is 0. The summed E-state index contributed by atoms with van der Waals surface area (Å²) < 4.78 is 25.8. The highest BCUT2D eigenvalue weighted by Crippen LogP contribution is 2.21. The van der Waals surface area contributed by atoms with Gasteiger partial charge in [0.25, 0.3) is 0 Å². The Hall–Kier alpha value is -1.07. The highest BCUT2D eigenvalue weighted by molar-refractivity contribution is 7.89. The molecule has 4 nitrogen and oxygen atoms in total. The summed E-state index contributed by atoms with van der Waals surface area (Å²) in [6, 6.07) is 3.12. The first-order chi connectivity index (χ1) is 6.88. The Labute approximate surface area is 90.5 Å². The minimum atomic E-state index is -3.40. The van der Waals surface area contributed by atoms with E-state index in [9.17, 15) is 8.42 Å². The fraction of sp³-hybridized carbons (Fsp3) is 0.400. The number of hydrogen-bond acceptors (Lipinski definition) is 3. The number of anilines is 1. The molecule has 1 aromatic carbocycles. The van der Waals surface area contributed by atoms with E-state index in [0.717, 1.165) is 11.1 Å². The minimum Gasteiger partial charge on any atom is -0.398 e. The van der Waals surface area contributed by atoms with Gasteiger partial charge in [0.15, 0.2) is 0 Å². The molecule has 0 fully saturated rings. The van der Waals surface area contributed by atoms with Crippen LogP contribution in [0.4, 0.5) is 5.69 Å². The summed E-state index contributed by atoms with van der Waals surface area (Å²) in [6.07, 6.45) is 0. The highest BCUT2D eigenvalue weighted by atomic mass is 32.2. The number of hydrogen-bond donors (Lipinski definition) is 2. The zero-order chi connectivity index (χ0) is 11.6. The fourth-order valence-electron chi connectivity index (χ4n) is 1.28. The Morgan fingerprint density at radius 1 is 1.33 bits per heavy atom. The van der Waals surface area contributed by atoms with Gasteiger partial charge in [-0.15, -0.1) is 0 Å². The molecular weight excluding hydrogens is 212 g/mol. The first kappa shape index (κ1) is 12.0. The second-order valence-electron chi connectivity index (χ2n) is 3.46. The van der Waals surface area contributed by atoms with Crippen LogP contribution in [0.25, 0.3) is 0 Å². The molecule has 84 valence electrons. The number of rotatable bonds is 3. The van der Waals surface area contributed by atoms with Crippen molar-refractivity contribution in [3.05, 3.63) is 23.3 Å². The molecule has 0 aromatic heterocycles. The predicted octanol–water partition coefficient (Wildman–Crippen LogP) is 1.18. The average molecular weight is 228 g/mol. The molecule has 0 saturated carbocycles. The van der Waals surface area contributed by atoms with Crippen molar-refractivity contribution in [2.45, 2.75) is 25.7 Å². The summed E-state index contributed by atoms with van der Waals surface area (Å²) in [7, 11) is -3.40. The van der Waals surface area contributed by atoms with Crippen LogP contribution in [0.5, 0.6) is 0 Å². The maximum Gasteiger partial charge on any atom is 0.240 e. The van der Waals surface area contributed by atoms with E-state index in [1.165, 1.54) is 6.07 Å². The minimum absolute atomic E-state index is 0.227. The van der Waals surface area contributed by atoms with Crippen molar-refractivity contribution in [1.29, 1.82) is 0 Å². The maximum absolute atomic E-state index is 11.7. The van der Waals surface area contributed by atoms with Crippen LogP contribution in [0, 0.1) is 13.8 Å². The number of benzene rings is 1. The largest absolute Gasteiger partial charge is 0.398 e. The molecule has 0 aliphatic rings. The molecule has 5 heteroatoms. The quantitative estimate of drug-likeness (QED) is 0.763. The Morgan fingerprint density at radius 2 is 1.93 bits per heavy atom. The molecule has 0 unspecified atom stereocenters. The van der Waals surface area contributed by atoms with E-state index in [4.69, 9.17) is 5.73 Å². The lowest BCUT2D eigenvalue weighted by Crippen LogP contribution is -2.23. The molecule has 15 heavy (non-hydrogen) atoms. The van der Waals surface area contributed by atoms with Crippen molar-refractivity contribution in [2.75, 3.05) is 12.3 Å². The molecule has 1 aromatic rings. The van der Waals surface area contributed by atoms with Crippen LogP contribution in [0.3, 0.4) is 0 Å². The van der Waals surface area contributed by atoms with E-state index in [-0.39, 0.29) is 4.90 Å². The molecule has 0 atom stereocenters. The van der Waals surface area contributed by atoms with Crippen LogP contribution in [0.2, 0.25) is 0 Å². The van der Waals surface area contributed by atoms with Gasteiger partial charge in [0.1, 0.15) is 0 Å². The summed E-state index contributed by atoms with van der Waals surface area (Å²) in [5, 5.41) is 0. The molecule has 0 bridgehead atoms. The number of aryl methyl sites for hydroxylation is 1. The van der Waals surface area contributed by atoms with E-state index < -0.39 is 10.0 Å². The van der Waals surface area contributed by atoms with Gasteiger partial charge in [0, 0.05) is 12.2 Å². The number of sulfonamides is 1. The van der Waals surface area contributed by atoms with Crippen LogP contribution < -0.4 is 10.5 Å². The van der Waals surface area contributed by atoms with Gasteiger partial charge in [-0.25, -0.2) is 13.1 Å². The zero-order valence-electron chi connectivity index (χ0n) is 9.16. The normalized spacial score (nSPS) is 11.7. The Kier molecular flexibility index (Phi) is 3.36. The number of nitrogens with one attached hydrogen (secondary N) is 1. The van der Waals surface area contributed by atoms with Crippen molar-refractivity contribution in [1.82, 2.24) is 4.72 Å². The second-order valence-corrected chi connectivity index (χ2v) is 5.22. The Balaban J connectivity index is 3.29. The molecule has 0 aliphatic heterocycles. The van der Waals surface area contributed by atoms with Crippen molar-refractivity contribution < 1.29 is 8.42 Å². The van der Waals surface area contributed by atoms with Gasteiger partial charge >= 0.3 is 0 Å². The molecule has 1 rings (SSSR count). The lowest BCUT2D eigenvalue weighted by Gasteiger charge is -2.09. The van der Waals surface area contributed by atoms with Crippen LogP contribution in [-0.2, 0) is 10.0 Å². The van der Waals surface area contributed by atoms with Crippen LogP contribution in [0.1, 0.15) is 18.1 Å². The summed E-state index contributed by atoms with van der Waals surface area (Å²) in [4.78, 5) is 0.227. The van der Waals surface area contributed by atoms with Crippen molar-refractivity contribution in [2.24, 2.45) is 0 Å². The van der Waals surface area contributed by atoms with Gasteiger partial charge in [0.05, 0.1) is 4.90 Å². The second kappa shape index (κ2) is 4.20. The van der Waals surface area contributed by atoms with E-state index in [1.54, 1.807) is 13.0 Å². The van der Waals surface area contributed by atoms with E-state index in [1.807, 2.05) is 13.8 Å². The molecule has 3 N–H and O–H groups in total. The number of nitrogen functional groups attached to an aromatic ring is 1. The first-order valence-electron chi connectivity index (χ1n) is 4.75. The van der Waals surface area contributed by atoms with Crippen molar-refractivity contribution in [3.8, 4) is 0 Å². The highest BCUT2D eigenvalue weighted by Gasteiger charge is 2.14. The smallest absolute Gasteiger partial charge is 0.240 e. The zero-order valence-corrected chi connectivity index (χ0v) is 9.98. The van der Waals surface area contributed by atoms with Gasteiger partial charge in [-0.05, 0) is 37.1 Å². The third kappa shape index (κ3) is 2.49. The van der Waals surface area contributed by atoms with Crippen LogP contribution in [-0.4, -0.2) is 15.0 Å². The van der Waals surface area contributed by atoms with E-state index in [2.05, 4.69) is 4.72 Å². The predicted molar refractivity (Wildman–Crippen MR) is 61.2 cm³/mol. The monoisotopic (exact) mass is 228 g/mol. The van der Waals surface area contributed by atoms with Gasteiger partial charge in [-0.1, -0.05) is 6.92 Å². The van der Waals surface area contributed by atoms with E-state index in [0.29, 0.717) is 12.2 Å². The lowest BCUT2D eigenvalue weighted by molar-refractivity contribution is 0.584. The third-order valence-corrected chi connectivity index (χ3v) is 3.85. The molecule has 0 aliphatic carbocycles. The molecular formula is C10H16N2O2S. The SMILES string of the molecule is CCNS(=O)(=O)c1cc(C)c(C)c(N)c1. The maximum atomic E-state index is 11.7. The summed E-state index contributed by atoms with van der Waals surface area (Å²) >= 11 is 0. The standard InChI is InChI=1S/C10H16N2O2S/c1-4-12-15(13,14)9-5-7(2)8(3)10(11)6-9/h5-6,12H,4,11H2,1-3H3. The average Bonchev–Trinajstić information content (AvgIpc) is 2.13. The molecule has 0 spiro atoms. The fourth-order valence-corrected chi connectivity index (χ4v) is 2.44. The van der Waals surface area contributed by atoms with Gasteiger partial charge < -0.3 is 5.73 Å². The van der Waals surface area contributed by atoms with E-state index >= 15 is 0 Å². The Bertz CT molecular complexity index is 443. The van der Waals surface area contributed by atoms with Gasteiger partial charge in [0.2, 0.25) is 10.0 Å². The molecule has 0 heterocycles. The third-order valence-electron chi connectivity index (χ3n) is 2.33. The Morgan fingerprint density at radius 3 is 2.40 bits per heavy atom. The number of nitrogens with two attached hydrogens (primary N) is 1.